The topological polar surface area (TPSA) is 124 Å². The number of esters is 1. The van der Waals surface area contributed by atoms with E-state index in [1.165, 1.54) is 23.9 Å². The number of hydrogen-bond donors (Lipinski definition) is 1. The Bertz CT molecular complexity index is 1210. The van der Waals surface area contributed by atoms with Gasteiger partial charge >= 0.3 is 5.97 Å². The molecule has 0 bridgehead atoms. The molecule has 0 fully saturated rings. The van der Waals surface area contributed by atoms with Gasteiger partial charge in [0.15, 0.2) is 0 Å². The van der Waals surface area contributed by atoms with Crippen molar-refractivity contribution in [1.82, 2.24) is 15.3 Å². The Labute approximate surface area is 199 Å². The average Bonchev–Trinajstić information content (AvgIpc) is 2.80. The summed E-state index contributed by atoms with van der Waals surface area (Å²) in [5.41, 5.74) is 2.20. The van der Waals surface area contributed by atoms with Gasteiger partial charge in [-0.3, -0.25) is 14.9 Å². The van der Waals surface area contributed by atoms with Crippen molar-refractivity contribution in [2.45, 2.75) is 26.0 Å². The van der Waals surface area contributed by atoms with E-state index in [0.717, 1.165) is 11.6 Å². The van der Waals surface area contributed by atoms with Crippen LogP contribution in [-0.4, -0.2) is 44.8 Å². The molecular weight excluding hydrogens is 468 g/mol. The molecule has 0 spiro atoms. The normalized spacial score (nSPS) is 11.7. The van der Waals surface area contributed by atoms with Crippen molar-refractivity contribution < 1.29 is 19.2 Å². The first-order chi connectivity index (χ1) is 15.8. The Morgan fingerprint density at radius 1 is 1.21 bits per heavy atom. The molecule has 3 rings (SSSR count). The van der Waals surface area contributed by atoms with Gasteiger partial charge in [0.25, 0.3) is 11.6 Å². The summed E-state index contributed by atoms with van der Waals surface area (Å²) in [6.07, 6.45) is 2.18. The van der Waals surface area contributed by atoms with E-state index in [1.54, 1.807) is 6.92 Å². The van der Waals surface area contributed by atoms with Gasteiger partial charge in [-0.1, -0.05) is 23.7 Å². The Morgan fingerprint density at radius 2 is 1.91 bits per heavy atom. The average molecular weight is 489 g/mol. The third-order valence-corrected chi connectivity index (χ3v) is 5.77. The van der Waals surface area contributed by atoms with E-state index in [-0.39, 0.29) is 22.9 Å². The molecule has 172 valence electrons. The van der Waals surface area contributed by atoms with Crippen LogP contribution in [0.25, 0.3) is 11.0 Å². The Morgan fingerprint density at radius 3 is 2.58 bits per heavy atom. The quantitative estimate of drug-likeness (QED) is 0.271. The molecule has 11 heteroatoms. The summed E-state index contributed by atoms with van der Waals surface area (Å²) < 4.78 is 5.44. The molecule has 0 radical (unpaired) electrons. The van der Waals surface area contributed by atoms with E-state index in [9.17, 15) is 19.7 Å². The summed E-state index contributed by atoms with van der Waals surface area (Å²) in [6.45, 7) is 1.67. The fourth-order valence-corrected chi connectivity index (χ4v) is 3.70. The molecule has 1 amide bonds. The van der Waals surface area contributed by atoms with Gasteiger partial charge in [0.05, 0.1) is 37.9 Å². The van der Waals surface area contributed by atoms with E-state index in [1.807, 2.05) is 30.5 Å². The molecule has 33 heavy (non-hydrogen) atoms. The zero-order valence-electron chi connectivity index (χ0n) is 17.9. The van der Waals surface area contributed by atoms with Gasteiger partial charge in [-0.25, -0.2) is 14.8 Å². The van der Waals surface area contributed by atoms with Gasteiger partial charge in [0.2, 0.25) is 0 Å². The van der Waals surface area contributed by atoms with E-state index < -0.39 is 22.8 Å². The van der Waals surface area contributed by atoms with Crippen molar-refractivity contribution in [1.29, 1.82) is 0 Å². The number of rotatable bonds is 9. The van der Waals surface area contributed by atoms with Gasteiger partial charge in [-0.2, -0.15) is 11.8 Å². The number of halogens is 1. The monoisotopic (exact) mass is 488 g/mol. The second-order valence-corrected chi connectivity index (χ2v) is 8.47. The summed E-state index contributed by atoms with van der Waals surface area (Å²) >= 11 is 7.55. The minimum absolute atomic E-state index is 0.0390. The van der Waals surface area contributed by atoms with E-state index >= 15 is 0 Å². The summed E-state index contributed by atoms with van der Waals surface area (Å²) in [7, 11) is 0. The highest BCUT2D eigenvalue weighted by molar-refractivity contribution is 7.98. The maximum atomic E-state index is 12.8. The molecule has 0 unspecified atom stereocenters. The van der Waals surface area contributed by atoms with Crippen LogP contribution in [0.15, 0.2) is 42.5 Å². The van der Waals surface area contributed by atoms with E-state index in [4.69, 9.17) is 16.3 Å². The molecule has 9 nitrogen and oxygen atoms in total. The fourth-order valence-electron chi connectivity index (χ4n) is 3.02. The second-order valence-electron chi connectivity index (χ2n) is 7.08. The molecule has 0 aliphatic carbocycles. The molecule has 3 aromatic rings. The number of benzene rings is 2. The van der Waals surface area contributed by atoms with Crippen molar-refractivity contribution in [2.24, 2.45) is 0 Å². The van der Waals surface area contributed by atoms with Crippen molar-refractivity contribution in [3.8, 4) is 0 Å². The number of amides is 1. The van der Waals surface area contributed by atoms with Crippen molar-refractivity contribution in [3.63, 3.8) is 0 Å². The number of aryl methyl sites for hydroxylation is 1. The molecule has 0 saturated carbocycles. The van der Waals surface area contributed by atoms with Crippen LogP contribution in [0.1, 0.15) is 28.2 Å². The highest BCUT2D eigenvalue weighted by Gasteiger charge is 2.25. The standard InChI is InChI=1S/C22H21ClN4O5S/c1-13-20(25-18-6-4-3-5-17(18)24-13)12-32-22(29)19(9-10-33-2)26-21(28)15-11-14(27(30)31)7-8-16(15)23/h3-8,11,19H,9-10,12H2,1-2H3,(H,26,28)/t19-/m0/s1. The molecule has 1 heterocycles. The first kappa shape index (κ1) is 24.4. The highest BCUT2D eigenvalue weighted by atomic mass is 35.5. The number of ether oxygens (including phenoxy) is 1. The minimum atomic E-state index is -0.964. The molecule has 2 aromatic carbocycles. The Kier molecular flexibility index (Phi) is 8.18. The number of nitrogens with zero attached hydrogens (tertiary/aromatic N) is 3. The van der Waals surface area contributed by atoms with E-state index in [2.05, 4.69) is 15.3 Å². The summed E-state index contributed by atoms with van der Waals surface area (Å²) in [5, 5.41) is 13.7. The molecule has 1 aromatic heterocycles. The first-order valence-corrected chi connectivity index (χ1v) is 11.7. The summed E-state index contributed by atoms with van der Waals surface area (Å²) in [5.74, 6) is -0.765. The lowest BCUT2D eigenvalue weighted by Gasteiger charge is -2.18. The predicted octanol–water partition coefficient (Wildman–Crippen LogP) is 4.09. The maximum Gasteiger partial charge on any atom is 0.329 e. The van der Waals surface area contributed by atoms with Gasteiger partial charge in [0, 0.05) is 12.1 Å². The molecule has 0 saturated heterocycles. The Hall–Kier alpha value is -3.24. The van der Waals surface area contributed by atoms with Gasteiger partial charge < -0.3 is 10.1 Å². The smallest absolute Gasteiger partial charge is 0.329 e. The molecule has 1 atom stereocenters. The zero-order valence-corrected chi connectivity index (χ0v) is 19.5. The number of carbonyl (C=O) groups is 2. The lowest BCUT2D eigenvalue weighted by molar-refractivity contribution is -0.384. The van der Waals surface area contributed by atoms with Gasteiger partial charge in [-0.15, -0.1) is 0 Å². The number of carbonyl (C=O) groups excluding carboxylic acids is 2. The maximum absolute atomic E-state index is 12.8. The first-order valence-electron chi connectivity index (χ1n) is 9.92. The predicted molar refractivity (Wildman–Crippen MR) is 126 cm³/mol. The number of nitro groups is 1. The molecule has 1 N–H and O–H groups in total. The number of hydrogen-bond acceptors (Lipinski definition) is 8. The molecule has 0 aliphatic heterocycles. The van der Waals surface area contributed by atoms with Crippen LogP contribution in [0.2, 0.25) is 5.02 Å². The van der Waals surface area contributed by atoms with E-state index in [0.29, 0.717) is 29.1 Å². The van der Waals surface area contributed by atoms with Crippen molar-refractivity contribution in [2.75, 3.05) is 12.0 Å². The number of thioether (sulfide) groups is 1. The summed E-state index contributed by atoms with van der Waals surface area (Å²) in [6, 6.07) is 9.95. The zero-order chi connectivity index (χ0) is 24.0. The molecule has 0 aliphatic rings. The summed E-state index contributed by atoms with van der Waals surface area (Å²) in [4.78, 5) is 44.9. The van der Waals surface area contributed by atoms with Crippen molar-refractivity contribution in [3.05, 3.63) is 74.6 Å². The van der Waals surface area contributed by atoms with Crippen LogP contribution in [0.4, 0.5) is 5.69 Å². The van der Waals surface area contributed by atoms with Crippen LogP contribution in [0.5, 0.6) is 0 Å². The van der Waals surface area contributed by atoms with Gasteiger partial charge in [0.1, 0.15) is 12.6 Å². The van der Waals surface area contributed by atoms with Crippen LogP contribution in [0.3, 0.4) is 0 Å². The van der Waals surface area contributed by atoms with Crippen LogP contribution in [0, 0.1) is 17.0 Å². The largest absolute Gasteiger partial charge is 0.458 e. The highest BCUT2D eigenvalue weighted by Crippen LogP contribution is 2.22. The number of nitrogens with one attached hydrogen (secondary N) is 1. The Balaban J connectivity index is 1.74. The third-order valence-electron chi connectivity index (χ3n) is 4.80. The third kappa shape index (κ3) is 6.17. The van der Waals surface area contributed by atoms with Gasteiger partial charge in [-0.05, 0) is 43.6 Å². The van der Waals surface area contributed by atoms with Crippen LogP contribution in [-0.2, 0) is 16.1 Å². The SMILES string of the molecule is CSCC[C@H](NC(=O)c1cc([N+](=O)[O-])ccc1Cl)C(=O)OCc1nc2ccccc2nc1C. The number of para-hydroxylation sites is 2. The van der Waals surface area contributed by atoms with Crippen molar-refractivity contribution >= 4 is 52.0 Å². The number of non-ortho nitro benzene ring substituents is 1. The lowest BCUT2D eigenvalue weighted by atomic mass is 10.1. The fraction of sp³-hybridized carbons (Fsp3) is 0.273. The van der Waals surface area contributed by atoms with Crippen LogP contribution >= 0.6 is 23.4 Å². The second kappa shape index (κ2) is 11.1. The number of nitro benzene ring substituents is 1. The minimum Gasteiger partial charge on any atom is -0.458 e. The van der Waals surface area contributed by atoms with Crippen LogP contribution < -0.4 is 5.32 Å². The number of fused-ring (bicyclic) bond motifs is 1. The molecular formula is C22H21ClN4O5S. The lowest BCUT2D eigenvalue weighted by Crippen LogP contribution is -2.42. The number of aromatic nitrogens is 2.